The Morgan fingerprint density at radius 3 is 1.83 bits per heavy atom. The molecule has 4 rings (SSSR count). The van der Waals surface area contributed by atoms with Crippen LogP contribution in [0.25, 0.3) is 27.6 Å². The Morgan fingerprint density at radius 2 is 1.25 bits per heavy atom. The zero-order valence-corrected chi connectivity index (χ0v) is 13.6. The summed E-state index contributed by atoms with van der Waals surface area (Å²) in [7, 11) is 0. The van der Waals surface area contributed by atoms with Gasteiger partial charge in [-0.2, -0.15) is 0 Å². The second kappa shape index (κ2) is 5.82. The van der Waals surface area contributed by atoms with Gasteiger partial charge < -0.3 is 0 Å². The summed E-state index contributed by atoms with van der Waals surface area (Å²) in [5, 5.41) is 2.45. The summed E-state index contributed by atoms with van der Waals surface area (Å²) in [6.45, 7) is 6.26. The van der Waals surface area contributed by atoms with Gasteiger partial charge in [-0.3, -0.25) is 4.57 Å². The average Bonchev–Trinajstić information content (AvgIpc) is 2.97. The first-order valence-electron chi connectivity index (χ1n) is 8.04. The first kappa shape index (κ1) is 14.5. The van der Waals surface area contributed by atoms with E-state index in [2.05, 4.69) is 71.8 Å². The van der Waals surface area contributed by atoms with Crippen LogP contribution < -0.4 is 0 Å². The molecule has 3 aromatic carbocycles. The number of aromatic nitrogens is 1. The van der Waals surface area contributed by atoms with E-state index >= 15 is 0 Å². The Balaban J connectivity index is 1.91. The molecule has 1 aromatic heterocycles. The van der Waals surface area contributed by atoms with Crippen LogP contribution in [0.15, 0.2) is 90.4 Å². The van der Waals surface area contributed by atoms with E-state index in [9.17, 15) is 0 Å². The van der Waals surface area contributed by atoms with Crippen molar-refractivity contribution in [1.29, 1.82) is 0 Å². The predicted molar refractivity (Wildman–Crippen MR) is 103 cm³/mol. The predicted octanol–water partition coefficient (Wildman–Crippen LogP) is 5.73. The number of rotatable bonds is 3. The Labute approximate surface area is 141 Å². The molecule has 4 aromatic rings. The van der Waals surface area contributed by atoms with Gasteiger partial charge in [0, 0.05) is 16.5 Å². The summed E-state index contributed by atoms with van der Waals surface area (Å²) in [6.07, 6.45) is 0. The zero-order valence-electron chi connectivity index (χ0n) is 13.6. The van der Waals surface area contributed by atoms with E-state index in [1.54, 1.807) is 0 Å². The average molecular weight is 310 g/mol. The lowest BCUT2D eigenvalue weighted by Crippen LogP contribution is -1.99. The van der Waals surface area contributed by atoms with Crippen molar-refractivity contribution in [3.05, 3.63) is 91.0 Å². The minimum absolute atomic E-state index is 0.730. The highest BCUT2D eigenvalue weighted by Gasteiger charge is 2.11. The Bertz CT molecular complexity index is 1020. The highest BCUT2D eigenvalue weighted by molar-refractivity contribution is 6.10. The van der Waals surface area contributed by atoms with E-state index in [-0.39, 0.29) is 0 Å². The highest BCUT2D eigenvalue weighted by atomic mass is 15.1. The fourth-order valence-electron chi connectivity index (χ4n) is 3.19. The molecular formula is C22H18N2. The van der Waals surface area contributed by atoms with Crippen LogP contribution in [0, 0.1) is 0 Å². The lowest BCUT2D eigenvalue weighted by Gasteiger charge is -2.08. The number of nitrogens with zero attached hydrogens (tertiary/aromatic N) is 2. The third-order valence-corrected chi connectivity index (χ3v) is 4.33. The van der Waals surface area contributed by atoms with Crippen LogP contribution in [0.2, 0.25) is 0 Å². The molecule has 0 saturated heterocycles. The molecule has 0 radical (unpaired) electrons. The van der Waals surface area contributed by atoms with Gasteiger partial charge in [0.15, 0.2) is 0 Å². The van der Waals surface area contributed by atoms with Gasteiger partial charge in [-0.1, -0.05) is 73.3 Å². The van der Waals surface area contributed by atoms with Crippen molar-refractivity contribution >= 4 is 33.3 Å². The fourth-order valence-corrected chi connectivity index (χ4v) is 3.19. The maximum Gasteiger partial charge on any atom is 0.130 e. The zero-order chi connectivity index (χ0) is 16.5. The van der Waals surface area contributed by atoms with E-state index < -0.39 is 0 Å². The highest BCUT2D eigenvalue weighted by Crippen LogP contribution is 2.31. The maximum atomic E-state index is 4.78. The molecule has 0 aliphatic rings. The quantitative estimate of drug-likeness (QED) is 0.430. The van der Waals surface area contributed by atoms with Gasteiger partial charge in [0.2, 0.25) is 0 Å². The maximum absolute atomic E-state index is 4.78. The summed E-state index contributed by atoms with van der Waals surface area (Å²) < 4.78 is 2.14. The summed E-state index contributed by atoms with van der Waals surface area (Å²) in [6, 6.07) is 27.0. The second-order valence-corrected chi connectivity index (χ2v) is 5.85. The largest absolute Gasteiger partial charge is 0.294 e. The summed E-state index contributed by atoms with van der Waals surface area (Å²) >= 11 is 0. The number of benzene rings is 3. The topological polar surface area (TPSA) is 17.3 Å². The molecule has 0 unspecified atom stereocenters. The molecular weight excluding hydrogens is 292 g/mol. The van der Waals surface area contributed by atoms with Gasteiger partial charge in [-0.25, -0.2) is 4.99 Å². The van der Waals surface area contributed by atoms with Crippen molar-refractivity contribution in [1.82, 2.24) is 4.57 Å². The van der Waals surface area contributed by atoms with Gasteiger partial charge in [-0.15, -0.1) is 0 Å². The second-order valence-electron chi connectivity index (χ2n) is 5.85. The van der Waals surface area contributed by atoms with Crippen LogP contribution in [0.3, 0.4) is 0 Å². The molecule has 0 N–H and O–H groups in total. The molecule has 0 fully saturated rings. The SMILES string of the molecule is C=C(N=C(C)c1ccccc1)n1c2ccccc2c2ccccc21. The van der Waals surface area contributed by atoms with Crippen molar-refractivity contribution in [2.24, 2.45) is 4.99 Å². The van der Waals surface area contributed by atoms with Crippen LogP contribution in [0.1, 0.15) is 12.5 Å². The minimum Gasteiger partial charge on any atom is -0.294 e. The molecule has 0 aliphatic heterocycles. The third-order valence-electron chi connectivity index (χ3n) is 4.33. The van der Waals surface area contributed by atoms with Crippen molar-refractivity contribution in [3.63, 3.8) is 0 Å². The first-order valence-corrected chi connectivity index (χ1v) is 8.04. The van der Waals surface area contributed by atoms with E-state index in [1.807, 2.05) is 25.1 Å². The molecule has 0 aliphatic carbocycles. The molecule has 0 atom stereocenters. The lowest BCUT2D eigenvalue weighted by molar-refractivity contribution is 1.18. The van der Waals surface area contributed by atoms with Crippen LogP contribution in [-0.2, 0) is 0 Å². The molecule has 0 spiro atoms. The lowest BCUT2D eigenvalue weighted by atomic mass is 10.1. The van der Waals surface area contributed by atoms with Crippen LogP contribution in [-0.4, -0.2) is 10.3 Å². The smallest absolute Gasteiger partial charge is 0.130 e. The number of hydrogen-bond donors (Lipinski definition) is 0. The molecule has 2 heteroatoms. The standard InChI is InChI=1S/C22H18N2/c1-16(18-10-4-3-5-11-18)23-17(2)24-21-14-8-6-12-19(21)20-13-7-9-15-22(20)24/h3-15H,2H2,1H3. The molecule has 0 bridgehead atoms. The molecule has 24 heavy (non-hydrogen) atoms. The van der Waals surface area contributed by atoms with Crippen LogP contribution >= 0.6 is 0 Å². The van der Waals surface area contributed by atoms with Crippen molar-refractivity contribution in [2.45, 2.75) is 6.92 Å². The van der Waals surface area contributed by atoms with E-state index in [4.69, 9.17) is 4.99 Å². The summed E-state index contributed by atoms with van der Waals surface area (Å²) in [5.74, 6) is 0.730. The monoisotopic (exact) mass is 310 g/mol. The Hall–Kier alpha value is -3.13. The number of aliphatic imine (C=N–C) groups is 1. The molecule has 0 amide bonds. The number of fused-ring (bicyclic) bond motifs is 3. The van der Waals surface area contributed by atoms with Crippen LogP contribution in [0.5, 0.6) is 0 Å². The normalized spacial score (nSPS) is 12.0. The summed E-state index contributed by atoms with van der Waals surface area (Å²) in [5.41, 5.74) is 4.34. The van der Waals surface area contributed by atoms with Crippen LogP contribution in [0.4, 0.5) is 0 Å². The first-order chi connectivity index (χ1) is 11.8. The van der Waals surface area contributed by atoms with Crippen molar-refractivity contribution in [2.75, 3.05) is 0 Å². The molecule has 2 nitrogen and oxygen atoms in total. The Morgan fingerprint density at radius 1 is 0.750 bits per heavy atom. The van der Waals surface area contributed by atoms with Gasteiger partial charge >= 0.3 is 0 Å². The van der Waals surface area contributed by atoms with Gasteiger partial charge in [0.05, 0.1) is 11.0 Å². The van der Waals surface area contributed by atoms with Gasteiger partial charge in [0.25, 0.3) is 0 Å². The third kappa shape index (κ3) is 2.33. The number of para-hydroxylation sites is 2. The van der Waals surface area contributed by atoms with E-state index in [0.29, 0.717) is 0 Å². The van der Waals surface area contributed by atoms with Gasteiger partial charge in [-0.05, 0) is 24.6 Å². The Kier molecular flexibility index (Phi) is 3.51. The van der Waals surface area contributed by atoms with Crippen molar-refractivity contribution < 1.29 is 0 Å². The van der Waals surface area contributed by atoms with Crippen molar-refractivity contribution in [3.8, 4) is 0 Å². The number of hydrogen-bond acceptors (Lipinski definition) is 1. The van der Waals surface area contributed by atoms with Gasteiger partial charge in [0.1, 0.15) is 5.82 Å². The summed E-state index contributed by atoms with van der Waals surface area (Å²) in [4.78, 5) is 4.78. The fraction of sp³-hybridized carbons (Fsp3) is 0.0455. The molecule has 1 heterocycles. The van der Waals surface area contributed by atoms with E-state index in [0.717, 1.165) is 28.1 Å². The minimum atomic E-state index is 0.730. The molecule has 116 valence electrons. The van der Waals surface area contributed by atoms with E-state index in [1.165, 1.54) is 10.8 Å². The molecule has 0 saturated carbocycles.